The molecule has 2 rings (SSSR count). The maximum atomic E-state index is 12.4. The molecule has 0 spiro atoms. The zero-order valence-electron chi connectivity index (χ0n) is 13.1. The second kappa shape index (κ2) is 6.75. The Balaban J connectivity index is 2.04. The Morgan fingerprint density at radius 1 is 1.05 bits per heavy atom. The van der Waals surface area contributed by atoms with Gasteiger partial charge in [0.05, 0.1) is 5.25 Å². The van der Waals surface area contributed by atoms with Crippen LogP contribution in [0.5, 0.6) is 0 Å². The summed E-state index contributed by atoms with van der Waals surface area (Å²) in [5, 5.41) is 2.93. The summed E-state index contributed by atoms with van der Waals surface area (Å²) in [5.74, 6) is 0.653. The molecule has 118 valence electrons. The summed E-state index contributed by atoms with van der Waals surface area (Å²) in [6.45, 7) is 4.36. The highest BCUT2D eigenvalue weighted by molar-refractivity contribution is 7.92. The van der Waals surface area contributed by atoms with Gasteiger partial charge in [-0.05, 0) is 39.7 Å². The van der Waals surface area contributed by atoms with Gasteiger partial charge in [0.2, 0.25) is 0 Å². The largest absolute Gasteiger partial charge is 0.287 e. The van der Waals surface area contributed by atoms with Crippen molar-refractivity contribution in [3.63, 3.8) is 0 Å². The molecular formula is C15H30N2O2S. The first-order valence-corrected chi connectivity index (χ1v) is 9.73. The van der Waals surface area contributed by atoms with E-state index in [0.29, 0.717) is 12.0 Å². The molecule has 2 unspecified atom stereocenters. The second-order valence-electron chi connectivity index (χ2n) is 6.74. The Kier molecular flexibility index (Phi) is 5.49. The molecule has 5 heteroatoms. The summed E-state index contributed by atoms with van der Waals surface area (Å²) in [7, 11) is -1.12. The Morgan fingerprint density at radius 2 is 1.60 bits per heavy atom. The summed E-state index contributed by atoms with van der Waals surface area (Å²) in [5.41, 5.74) is -0.488. The van der Waals surface area contributed by atoms with Crippen molar-refractivity contribution in [2.75, 3.05) is 13.6 Å². The predicted molar refractivity (Wildman–Crippen MR) is 83.2 cm³/mol. The fourth-order valence-corrected chi connectivity index (χ4v) is 5.12. The third-order valence-corrected chi connectivity index (χ3v) is 7.49. The molecule has 0 aromatic carbocycles. The number of hydrogen-bond acceptors (Lipinski definition) is 4. The van der Waals surface area contributed by atoms with Gasteiger partial charge in [0.1, 0.15) is 0 Å². The van der Waals surface area contributed by atoms with Gasteiger partial charge in [0, 0.05) is 12.6 Å². The Bertz CT molecular complexity index is 400. The molecule has 0 amide bonds. The van der Waals surface area contributed by atoms with Gasteiger partial charge in [-0.1, -0.05) is 32.1 Å². The predicted octanol–water partition coefficient (Wildman–Crippen LogP) is 2.36. The molecule has 20 heavy (non-hydrogen) atoms. The molecule has 2 fully saturated rings. The van der Waals surface area contributed by atoms with E-state index in [1.807, 2.05) is 7.05 Å². The third-order valence-electron chi connectivity index (χ3n) is 5.06. The van der Waals surface area contributed by atoms with Crippen molar-refractivity contribution in [3.8, 4) is 0 Å². The topological polar surface area (TPSA) is 49.4 Å². The number of hydrogen-bond donors (Lipinski definition) is 1. The van der Waals surface area contributed by atoms with E-state index in [1.54, 1.807) is 13.8 Å². The number of sulfone groups is 1. The molecule has 0 aromatic rings. The lowest BCUT2D eigenvalue weighted by Gasteiger charge is -2.32. The molecule has 4 nitrogen and oxygen atoms in total. The van der Waals surface area contributed by atoms with Gasteiger partial charge >= 0.3 is 0 Å². The summed E-state index contributed by atoms with van der Waals surface area (Å²) >= 11 is 0. The van der Waals surface area contributed by atoms with Crippen LogP contribution in [0, 0.1) is 5.92 Å². The lowest BCUT2D eigenvalue weighted by atomic mass is 9.86. The Hall–Kier alpha value is -0.130. The first-order chi connectivity index (χ1) is 9.44. The maximum Gasteiger partial charge on any atom is 0.182 e. The van der Waals surface area contributed by atoms with Crippen molar-refractivity contribution in [3.05, 3.63) is 0 Å². The number of likely N-dealkylation sites (N-methyl/N-ethyl adjacent to an activating group) is 1. The molecule has 1 aliphatic heterocycles. The Morgan fingerprint density at radius 3 is 2.15 bits per heavy atom. The number of nitrogens with zero attached hydrogens (tertiary/aromatic N) is 1. The van der Waals surface area contributed by atoms with E-state index in [2.05, 4.69) is 10.2 Å². The molecule has 1 N–H and O–H groups in total. The van der Waals surface area contributed by atoms with Crippen LogP contribution in [0.1, 0.15) is 58.8 Å². The molecule has 2 atom stereocenters. The summed E-state index contributed by atoms with van der Waals surface area (Å²) in [4.78, 5) is 2.08. The minimum atomic E-state index is -3.10. The van der Waals surface area contributed by atoms with E-state index in [-0.39, 0.29) is 5.25 Å². The maximum absolute atomic E-state index is 12.4. The summed E-state index contributed by atoms with van der Waals surface area (Å²) < 4.78 is 24.8. The number of nitrogens with one attached hydrogen (secondary N) is 1. The van der Waals surface area contributed by atoms with Gasteiger partial charge < -0.3 is 0 Å². The van der Waals surface area contributed by atoms with E-state index in [9.17, 15) is 8.42 Å². The van der Waals surface area contributed by atoms with Crippen LogP contribution in [-0.4, -0.2) is 43.7 Å². The molecule has 0 bridgehead atoms. The van der Waals surface area contributed by atoms with Gasteiger partial charge in [-0.25, -0.2) is 8.42 Å². The molecule has 1 heterocycles. The van der Waals surface area contributed by atoms with Gasteiger partial charge in [0.15, 0.2) is 15.3 Å². The van der Waals surface area contributed by atoms with Gasteiger partial charge in [0.25, 0.3) is 0 Å². The average Bonchev–Trinajstić information content (AvgIpc) is 2.71. The van der Waals surface area contributed by atoms with Crippen LogP contribution in [0.2, 0.25) is 0 Å². The molecule has 1 saturated carbocycles. The highest BCUT2D eigenvalue weighted by Gasteiger charge is 2.42. The van der Waals surface area contributed by atoms with Crippen molar-refractivity contribution in [1.29, 1.82) is 0 Å². The van der Waals surface area contributed by atoms with Crippen LogP contribution in [0.3, 0.4) is 0 Å². The average molecular weight is 302 g/mol. The SMILES string of the molecule is CC(C)S(=O)(=O)C1NCC(C2CCCCCCC2)N1C. The van der Waals surface area contributed by atoms with Crippen molar-refractivity contribution >= 4 is 9.84 Å². The van der Waals surface area contributed by atoms with Crippen LogP contribution < -0.4 is 5.32 Å². The number of rotatable bonds is 3. The van der Waals surface area contributed by atoms with E-state index >= 15 is 0 Å². The Labute approximate surface area is 124 Å². The normalized spacial score (nSPS) is 31.4. The third kappa shape index (κ3) is 3.37. The van der Waals surface area contributed by atoms with Gasteiger partial charge in [-0.3, -0.25) is 10.2 Å². The van der Waals surface area contributed by atoms with Crippen molar-refractivity contribution in [2.24, 2.45) is 5.92 Å². The van der Waals surface area contributed by atoms with E-state index in [0.717, 1.165) is 6.54 Å². The molecule has 1 saturated heterocycles. The van der Waals surface area contributed by atoms with E-state index < -0.39 is 15.3 Å². The fraction of sp³-hybridized carbons (Fsp3) is 1.00. The molecule has 2 aliphatic rings. The van der Waals surface area contributed by atoms with Crippen LogP contribution in [-0.2, 0) is 9.84 Å². The van der Waals surface area contributed by atoms with Gasteiger partial charge in [-0.2, -0.15) is 0 Å². The fourth-order valence-electron chi connectivity index (χ4n) is 3.66. The first-order valence-electron chi connectivity index (χ1n) is 8.12. The van der Waals surface area contributed by atoms with E-state index in [1.165, 1.54) is 44.9 Å². The van der Waals surface area contributed by atoms with Crippen LogP contribution in [0.25, 0.3) is 0 Å². The molecular weight excluding hydrogens is 272 g/mol. The van der Waals surface area contributed by atoms with Crippen molar-refractivity contribution in [2.45, 2.75) is 75.6 Å². The smallest absolute Gasteiger partial charge is 0.182 e. The first kappa shape index (κ1) is 16.2. The molecule has 0 radical (unpaired) electrons. The molecule has 0 aromatic heterocycles. The quantitative estimate of drug-likeness (QED) is 0.869. The highest BCUT2D eigenvalue weighted by atomic mass is 32.2. The van der Waals surface area contributed by atoms with Crippen molar-refractivity contribution < 1.29 is 8.42 Å². The lowest BCUT2D eigenvalue weighted by molar-refractivity contribution is 0.189. The second-order valence-corrected chi connectivity index (χ2v) is 9.30. The summed E-state index contributed by atoms with van der Waals surface area (Å²) in [6.07, 6.45) is 9.17. The lowest BCUT2D eigenvalue weighted by Crippen LogP contribution is -2.46. The van der Waals surface area contributed by atoms with Crippen molar-refractivity contribution in [1.82, 2.24) is 10.2 Å². The molecule has 1 aliphatic carbocycles. The zero-order valence-corrected chi connectivity index (χ0v) is 14.0. The minimum Gasteiger partial charge on any atom is -0.287 e. The van der Waals surface area contributed by atoms with E-state index in [4.69, 9.17) is 0 Å². The van der Waals surface area contributed by atoms with Crippen LogP contribution in [0.15, 0.2) is 0 Å². The summed E-state index contributed by atoms with van der Waals surface area (Å²) in [6, 6.07) is 0.381. The zero-order chi connectivity index (χ0) is 14.8. The van der Waals surface area contributed by atoms with Gasteiger partial charge in [-0.15, -0.1) is 0 Å². The van der Waals surface area contributed by atoms with Crippen LogP contribution in [0.4, 0.5) is 0 Å². The minimum absolute atomic E-state index is 0.321. The standard InChI is InChI=1S/C15H30N2O2S/c1-12(2)20(18,19)15-16-11-14(17(15)3)13-9-7-5-4-6-8-10-13/h12-16H,4-11H2,1-3H3. The monoisotopic (exact) mass is 302 g/mol. The highest BCUT2D eigenvalue weighted by Crippen LogP contribution is 2.31. The van der Waals surface area contributed by atoms with Crippen LogP contribution >= 0.6 is 0 Å².